The Hall–Kier alpha value is -5.40. The van der Waals surface area contributed by atoms with E-state index in [1.165, 1.54) is 32.7 Å². The summed E-state index contributed by atoms with van der Waals surface area (Å²) in [6.07, 6.45) is 0. The first-order valence-electron chi connectivity index (χ1n) is 21.8. The molecular formula is C56H80O. The van der Waals surface area contributed by atoms with E-state index in [2.05, 4.69) is 109 Å². The van der Waals surface area contributed by atoms with Gasteiger partial charge in [0.25, 0.3) is 0 Å². The van der Waals surface area contributed by atoms with E-state index in [0.29, 0.717) is 0 Å². The van der Waals surface area contributed by atoms with Gasteiger partial charge in [-0.1, -0.05) is 293 Å². The molecule has 0 bridgehead atoms. The minimum atomic E-state index is 0.962. The van der Waals surface area contributed by atoms with E-state index in [0.717, 1.165) is 11.2 Å². The van der Waals surface area contributed by atoms with Gasteiger partial charge in [-0.25, -0.2) is 0 Å². The molecule has 1 nitrogen and oxygen atoms in total. The summed E-state index contributed by atoms with van der Waals surface area (Å²) < 4.78 is 5.65. The van der Waals surface area contributed by atoms with Crippen molar-refractivity contribution in [2.75, 3.05) is 0 Å². The average molecular weight is 769 g/mol. The van der Waals surface area contributed by atoms with Gasteiger partial charge in [0.15, 0.2) is 0 Å². The Morgan fingerprint density at radius 1 is 0.211 bits per heavy atom. The standard InChI is InChI=1S/C12H8O.C12H10.C10H8.C6H6.8C2H6/c1-3-7-11-9(5-1)10-6-2-4-8-12(10)13-11;1-3-7-11(8-4-1)12-9-5-2-6-10-12;1-2-6-10-8-4-3-7-9(10)5-1;1-2-4-6-5-3-1;8*1-2/h1-8H;1-10H;1-8H;1-6H;8*1-2H3. The van der Waals surface area contributed by atoms with Gasteiger partial charge in [-0.3, -0.25) is 0 Å². The number of fused-ring (bicyclic) bond motifs is 4. The van der Waals surface area contributed by atoms with Crippen molar-refractivity contribution in [2.45, 2.75) is 111 Å². The van der Waals surface area contributed by atoms with Crippen molar-refractivity contribution < 1.29 is 4.42 Å². The molecule has 0 fully saturated rings. The normalized spacial score (nSPS) is 8.00. The molecule has 0 saturated carbocycles. The number of para-hydroxylation sites is 2. The van der Waals surface area contributed by atoms with Crippen LogP contribution in [0.15, 0.2) is 199 Å². The third kappa shape index (κ3) is 25.4. The van der Waals surface area contributed by atoms with Crippen LogP contribution >= 0.6 is 0 Å². The maximum absolute atomic E-state index is 5.65. The third-order valence-corrected chi connectivity index (χ3v) is 6.49. The Kier molecular flexibility index (Phi) is 47.8. The van der Waals surface area contributed by atoms with E-state index in [1.54, 1.807) is 0 Å². The van der Waals surface area contributed by atoms with E-state index in [9.17, 15) is 0 Å². The highest BCUT2D eigenvalue weighted by atomic mass is 16.3. The van der Waals surface area contributed by atoms with Crippen molar-refractivity contribution in [1.29, 1.82) is 0 Å². The number of furan rings is 1. The van der Waals surface area contributed by atoms with Crippen molar-refractivity contribution in [3.05, 3.63) is 194 Å². The molecular weight excluding hydrogens is 689 g/mol. The van der Waals surface area contributed by atoms with Crippen LogP contribution in [0.4, 0.5) is 0 Å². The fourth-order valence-electron chi connectivity index (χ4n) is 4.45. The SMILES string of the molecule is CC.CC.CC.CC.CC.CC.CC.CC.c1ccc(-c2ccccc2)cc1.c1ccc2c(c1)oc1ccccc12.c1ccc2ccccc2c1.c1ccccc1. The van der Waals surface area contributed by atoms with E-state index in [4.69, 9.17) is 4.42 Å². The van der Waals surface area contributed by atoms with E-state index >= 15 is 0 Å². The molecule has 0 radical (unpaired) electrons. The topological polar surface area (TPSA) is 13.1 Å². The number of rotatable bonds is 1. The van der Waals surface area contributed by atoms with Crippen LogP contribution in [-0.2, 0) is 0 Å². The van der Waals surface area contributed by atoms with Crippen LogP contribution in [-0.4, -0.2) is 0 Å². The third-order valence-electron chi connectivity index (χ3n) is 6.49. The lowest BCUT2D eigenvalue weighted by Crippen LogP contribution is -1.73. The molecule has 0 atom stereocenters. The summed E-state index contributed by atoms with van der Waals surface area (Å²) in [5.41, 5.74) is 4.48. The molecule has 0 saturated heterocycles. The van der Waals surface area contributed by atoms with Crippen LogP contribution in [0.25, 0.3) is 43.8 Å². The molecule has 8 rings (SSSR count). The molecule has 0 N–H and O–H groups in total. The quantitative estimate of drug-likeness (QED) is 0.162. The van der Waals surface area contributed by atoms with E-state index in [-0.39, 0.29) is 0 Å². The zero-order valence-electron chi connectivity index (χ0n) is 38.9. The summed E-state index contributed by atoms with van der Waals surface area (Å²) in [5.74, 6) is 0. The first-order valence-corrected chi connectivity index (χ1v) is 21.8. The van der Waals surface area contributed by atoms with Crippen molar-refractivity contribution in [1.82, 2.24) is 0 Å². The molecule has 7 aromatic carbocycles. The summed E-state index contributed by atoms with van der Waals surface area (Å²) in [5, 5.41) is 5.01. The molecule has 0 aliphatic rings. The van der Waals surface area contributed by atoms with Crippen molar-refractivity contribution in [3.8, 4) is 11.1 Å². The first kappa shape index (κ1) is 58.3. The molecule has 310 valence electrons. The highest BCUT2D eigenvalue weighted by Gasteiger charge is 2.03. The fraction of sp³-hybridized carbons (Fsp3) is 0.286. The van der Waals surface area contributed by atoms with Crippen LogP contribution in [0.2, 0.25) is 0 Å². The predicted molar refractivity (Wildman–Crippen MR) is 267 cm³/mol. The van der Waals surface area contributed by atoms with Crippen molar-refractivity contribution >= 4 is 32.7 Å². The van der Waals surface area contributed by atoms with Crippen molar-refractivity contribution in [2.24, 2.45) is 0 Å². The summed E-state index contributed by atoms with van der Waals surface area (Å²) >= 11 is 0. The van der Waals surface area contributed by atoms with Crippen molar-refractivity contribution in [3.63, 3.8) is 0 Å². The number of benzene rings is 7. The van der Waals surface area contributed by atoms with Gasteiger partial charge in [0.05, 0.1) is 0 Å². The van der Waals surface area contributed by atoms with Gasteiger partial charge in [0.2, 0.25) is 0 Å². The predicted octanol–water partition coefficient (Wildman–Crippen LogP) is 19.7. The summed E-state index contributed by atoms with van der Waals surface area (Å²) in [4.78, 5) is 0. The second-order valence-electron chi connectivity index (χ2n) is 9.33. The number of hydrogen-bond donors (Lipinski definition) is 0. The fourth-order valence-corrected chi connectivity index (χ4v) is 4.45. The lowest BCUT2D eigenvalue weighted by Gasteiger charge is -1.98. The van der Waals surface area contributed by atoms with E-state index in [1.807, 2.05) is 196 Å². The molecule has 0 unspecified atom stereocenters. The summed E-state index contributed by atoms with van der Waals surface area (Å²) in [6.45, 7) is 32.0. The molecule has 0 spiro atoms. The average Bonchev–Trinajstić information content (AvgIpc) is 3.75. The molecule has 1 aromatic heterocycles. The zero-order chi connectivity index (χ0) is 44.0. The van der Waals surface area contributed by atoms with Crippen LogP contribution < -0.4 is 0 Å². The van der Waals surface area contributed by atoms with Crippen LogP contribution in [0.1, 0.15) is 111 Å². The molecule has 0 amide bonds. The van der Waals surface area contributed by atoms with Crippen LogP contribution in [0, 0.1) is 0 Å². The van der Waals surface area contributed by atoms with Gasteiger partial charge in [-0.15, -0.1) is 0 Å². The number of hydrogen-bond acceptors (Lipinski definition) is 1. The Morgan fingerprint density at radius 2 is 0.404 bits per heavy atom. The Bertz CT molecular complexity index is 1690. The molecule has 1 heterocycles. The van der Waals surface area contributed by atoms with Gasteiger partial charge in [0, 0.05) is 10.8 Å². The van der Waals surface area contributed by atoms with Gasteiger partial charge < -0.3 is 4.42 Å². The van der Waals surface area contributed by atoms with E-state index < -0.39 is 0 Å². The second-order valence-corrected chi connectivity index (χ2v) is 9.33. The van der Waals surface area contributed by atoms with Gasteiger partial charge >= 0.3 is 0 Å². The minimum Gasteiger partial charge on any atom is -0.456 e. The molecule has 8 aromatic rings. The molecule has 0 aliphatic carbocycles. The minimum absolute atomic E-state index is 0.962. The lowest BCUT2D eigenvalue weighted by atomic mass is 10.1. The molecule has 0 aliphatic heterocycles. The highest BCUT2D eigenvalue weighted by molar-refractivity contribution is 6.04. The maximum Gasteiger partial charge on any atom is 0.135 e. The van der Waals surface area contributed by atoms with Gasteiger partial charge in [0.1, 0.15) is 11.2 Å². The molecule has 1 heteroatoms. The molecule has 57 heavy (non-hydrogen) atoms. The monoisotopic (exact) mass is 769 g/mol. The van der Waals surface area contributed by atoms with Crippen LogP contribution in [0.5, 0.6) is 0 Å². The lowest BCUT2D eigenvalue weighted by molar-refractivity contribution is 0.669. The largest absolute Gasteiger partial charge is 0.456 e. The smallest absolute Gasteiger partial charge is 0.135 e. The van der Waals surface area contributed by atoms with Gasteiger partial charge in [-0.2, -0.15) is 0 Å². The maximum atomic E-state index is 5.65. The van der Waals surface area contributed by atoms with Gasteiger partial charge in [-0.05, 0) is 34.0 Å². The Labute approximate surface area is 351 Å². The summed E-state index contributed by atoms with van der Waals surface area (Å²) in [7, 11) is 0. The Morgan fingerprint density at radius 3 is 0.667 bits per heavy atom. The first-order chi connectivity index (χ1) is 28.4. The highest BCUT2D eigenvalue weighted by Crippen LogP contribution is 2.27. The van der Waals surface area contributed by atoms with Crippen LogP contribution in [0.3, 0.4) is 0 Å². The second kappa shape index (κ2) is 46.8. The Balaban J connectivity index is -0.000000299. The zero-order valence-corrected chi connectivity index (χ0v) is 38.9. The summed E-state index contributed by atoms with van der Waals surface area (Å²) in [6, 6.07) is 65.7.